The van der Waals surface area contributed by atoms with Crippen LogP contribution in [0, 0.1) is 11.8 Å². The summed E-state index contributed by atoms with van der Waals surface area (Å²) in [6.07, 6.45) is 2.63. The molecule has 70 valence electrons. The number of hydrogen-bond donors (Lipinski definition) is 1. The molecule has 0 spiro atoms. The van der Waals surface area contributed by atoms with Gasteiger partial charge in [-0.05, 0) is 25.8 Å². The van der Waals surface area contributed by atoms with Crippen molar-refractivity contribution in [3.8, 4) is 0 Å². The van der Waals surface area contributed by atoms with Gasteiger partial charge < -0.3 is 5.32 Å². The fourth-order valence-corrected chi connectivity index (χ4v) is 2.51. The summed E-state index contributed by atoms with van der Waals surface area (Å²) in [7, 11) is 0. The molecule has 2 fully saturated rings. The monoisotopic (exact) mass is 175 g/mol. The topological polar surface area (TPSA) is 12.0 Å². The minimum absolute atomic E-state index is 0.102. The first-order valence-corrected chi connectivity index (χ1v) is 4.79. The lowest BCUT2D eigenvalue weighted by atomic mass is 10.1. The van der Waals surface area contributed by atoms with E-state index in [9.17, 15) is 8.78 Å². The third kappa shape index (κ3) is 1.06. The number of halogens is 2. The Kier molecular flexibility index (Phi) is 1.86. The quantitative estimate of drug-likeness (QED) is 0.677. The van der Waals surface area contributed by atoms with Crippen molar-refractivity contribution in [3.05, 3.63) is 0 Å². The Morgan fingerprint density at radius 1 is 1.50 bits per heavy atom. The maximum absolute atomic E-state index is 13.1. The van der Waals surface area contributed by atoms with Crippen LogP contribution in [0.4, 0.5) is 8.78 Å². The van der Waals surface area contributed by atoms with Crippen LogP contribution in [0.3, 0.4) is 0 Å². The summed E-state index contributed by atoms with van der Waals surface area (Å²) < 4.78 is 26.1. The van der Waals surface area contributed by atoms with Crippen LogP contribution in [-0.2, 0) is 0 Å². The molecule has 1 aliphatic carbocycles. The van der Waals surface area contributed by atoms with E-state index in [1.54, 1.807) is 0 Å². The van der Waals surface area contributed by atoms with E-state index in [1.807, 2.05) is 6.92 Å². The first kappa shape index (κ1) is 8.42. The Morgan fingerprint density at radius 3 is 2.67 bits per heavy atom. The molecule has 2 aliphatic rings. The molecule has 1 saturated heterocycles. The van der Waals surface area contributed by atoms with E-state index >= 15 is 0 Å². The molecular weight excluding hydrogens is 160 g/mol. The number of rotatable bonds is 2. The molecule has 0 radical (unpaired) electrons. The van der Waals surface area contributed by atoms with Crippen LogP contribution in [0.25, 0.3) is 0 Å². The lowest BCUT2D eigenvalue weighted by molar-refractivity contribution is 0.0782. The molecule has 1 aliphatic heterocycles. The molecule has 1 N–H and O–H groups in total. The van der Waals surface area contributed by atoms with Crippen molar-refractivity contribution in [2.75, 3.05) is 6.54 Å². The molecule has 3 atom stereocenters. The third-order valence-corrected chi connectivity index (χ3v) is 3.23. The van der Waals surface area contributed by atoms with Crippen molar-refractivity contribution in [2.24, 2.45) is 11.8 Å². The lowest BCUT2D eigenvalue weighted by Crippen LogP contribution is -2.26. The Hall–Kier alpha value is -0.180. The standard InChI is InChI=1S/C9H15F2N/c1-2-6-8(9(6,10)11)7-4-3-5-12-7/h6-8,12H,2-5H2,1H3. The first-order valence-electron chi connectivity index (χ1n) is 4.79. The van der Waals surface area contributed by atoms with Crippen LogP contribution in [0.15, 0.2) is 0 Å². The van der Waals surface area contributed by atoms with Gasteiger partial charge in [-0.1, -0.05) is 6.92 Å². The van der Waals surface area contributed by atoms with Gasteiger partial charge in [0.1, 0.15) is 0 Å². The van der Waals surface area contributed by atoms with E-state index < -0.39 is 5.92 Å². The molecule has 1 heterocycles. The van der Waals surface area contributed by atoms with Crippen molar-refractivity contribution >= 4 is 0 Å². The Morgan fingerprint density at radius 2 is 2.25 bits per heavy atom. The van der Waals surface area contributed by atoms with Crippen LogP contribution in [-0.4, -0.2) is 18.5 Å². The molecular formula is C9H15F2N. The summed E-state index contributed by atoms with van der Waals surface area (Å²) in [4.78, 5) is 0. The highest BCUT2D eigenvalue weighted by Gasteiger charge is 2.69. The predicted molar refractivity (Wildman–Crippen MR) is 43.2 cm³/mol. The number of hydrogen-bond acceptors (Lipinski definition) is 1. The second-order valence-electron chi connectivity index (χ2n) is 3.92. The summed E-state index contributed by atoms with van der Waals surface area (Å²) in [6.45, 7) is 2.78. The van der Waals surface area contributed by atoms with Crippen LogP contribution in [0.1, 0.15) is 26.2 Å². The van der Waals surface area contributed by atoms with Crippen molar-refractivity contribution in [1.82, 2.24) is 5.32 Å². The smallest absolute Gasteiger partial charge is 0.256 e. The second kappa shape index (κ2) is 2.66. The van der Waals surface area contributed by atoms with Gasteiger partial charge in [-0.2, -0.15) is 0 Å². The van der Waals surface area contributed by atoms with E-state index in [1.165, 1.54) is 0 Å². The predicted octanol–water partition coefficient (Wildman–Crippen LogP) is 2.03. The summed E-state index contributed by atoms with van der Waals surface area (Å²) in [6, 6.07) is 0.102. The largest absolute Gasteiger partial charge is 0.313 e. The van der Waals surface area contributed by atoms with Gasteiger partial charge in [0.05, 0.1) is 0 Å². The average Bonchev–Trinajstić information content (AvgIpc) is 2.50. The summed E-state index contributed by atoms with van der Waals surface area (Å²) >= 11 is 0. The fourth-order valence-electron chi connectivity index (χ4n) is 2.51. The SMILES string of the molecule is CCC1C(C2CCCN2)C1(F)F. The van der Waals surface area contributed by atoms with Gasteiger partial charge in [0.25, 0.3) is 5.92 Å². The second-order valence-corrected chi connectivity index (χ2v) is 3.92. The Labute approximate surface area is 71.5 Å². The van der Waals surface area contributed by atoms with Crippen molar-refractivity contribution in [3.63, 3.8) is 0 Å². The minimum Gasteiger partial charge on any atom is -0.313 e. The van der Waals surface area contributed by atoms with E-state index in [-0.39, 0.29) is 17.9 Å². The van der Waals surface area contributed by atoms with E-state index in [0.717, 1.165) is 19.4 Å². The zero-order valence-electron chi connectivity index (χ0n) is 7.32. The molecule has 1 nitrogen and oxygen atoms in total. The van der Waals surface area contributed by atoms with Gasteiger partial charge in [0.15, 0.2) is 0 Å². The van der Waals surface area contributed by atoms with E-state index in [0.29, 0.717) is 6.42 Å². The van der Waals surface area contributed by atoms with Crippen molar-refractivity contribution in [2.45, 2.75) is 38.2 Å². The molecule has 3 heteroatoms. The first-order chi connectivity index (χ1) is 5.68. The van der Waals surface area contributed by atoms with E-state index in [4.69, 9.17) is 0 Å². The maximum Gasteiger partial charge on any atom is 0.256 e. The maximum atomic E-state index is 13.1. The molecule has 3 unspecified atom stereocenters. The highest BCUT2D eigenvalue weighted by molar-refractivity contribution is 5.10. The zero-order chi connectivity index (χ0) is 8.77. The minimum atomic E-state index is -2.36. The van der Waals surface area contributed by atoms with Gasteiger partial charge in [0.2, 0.25) is 0 Å². The van der Waals surface area contributed by atoms with Crippen LogP contribution in [0.5, 0.6) is 0 Å². The molecule has 12 heavy (non-hydrogen) atoms. The average molecular weight is 175 g/mol. The molecule has 0 amide bonds. The van der Waals surface area contributed by atoms with Crippen LogP contribution < -0.4 is 5.32 Å². The fraction of sp³-hybridized carbons (Fsp3) is 1.00. The molecule has 0 aromatic carbocycles. The molecule has 0 aromatic rings. The van der Waals surface area contributed by atoms with Crippen molar-refractivity contribution in [1.29, 1.82) is 0 Å². The molecule has 1 saturated carbocycles. The summed E-state index contributed by atoms with van der Waals surface area (Å²) in [5.41, 5.74) is 0. The van der Waals surface area contributed by atoms with Crippen LogP contribution >= 0.6 is 0 Å². The zero-order valence-corrected chi connectivity index (χ0v) is 7.32. The van der Waals surface area contributed by atoms with Crippen LogP contribution in [0.2, 0.25) is 0 Å². The highest BCUT2D eigenvalue weighted by Crippen LogP contribution is 2.59. The summed E-state index contributed by atoms with van der Waals surface area (Å²) in [5.74, 6) is -3.06. The number of nitrogens with one attached hydrogen (secondary N) is 1. The molecule has 2 rings (SSSR count). The van der Waals surface area contributed by atoms with Gasteiger partial charge in [-0.3, -0.25) is 0 Å². The molecule has 0 bridgehead atoms. The van der Waals surface area contributed by atoms with Gasteiger partial charge in [-0.15, -0.1) is 0 Å². The Bertz CT molecular complexity index is 175. The molecule has 0 aromatic heterocycles. The third-order valence-electron chi connectivity index (χ3n) is 3.23. The van der Waals surface area contributed by atoms with Gasteiger partial charge in [0, 0.05) is 17.9 Å². The van der Waals surface area contributed by atoms with Gasteiger partial charge in [-0.25, -0.2) is 8.78 Å². The van der Waals surface area contributed by atoms with Crippen molar-refractivity contribution < 1.29 is 8.78 Å². The lowest BCUT2D eigenvalue weighted by Gasteiger charge is -2.07. The number of alkyl halides is 2. The Balaban J connectivity index is 1.97. The van der Waals surface area contributed by atoms with E-state index in [2.05, 4.69) is 5.32 Å². The highest BCUT2D eigenvalue weighted by atomic mass is 19.3. The summed E-state index contributed by atoms with van der Waals surface area (Å²) in [5, 5.41) is 3.16. The van der Waals surface area contributed by atoms with Gasteiger partial charge >= 0.3 is 0 Å². The normalized spacial score (nSPS) is 44.8.